The topological polar surface area (TPSA) is 71.1 Å². The average molecular weight is 454 g/mol. The number of anilines is 2. The van der Waals surface area contributed by atoms with Crippen molar-refractivity contribution in [3.63, 3.8) is 0 Å². The maximum absolute atomic E-state index is 13.4. The number of hydrogen-bond acceptors (Lipinski definition) is 4. The molecule has 3 aromatic rings. The molecule has 30 heavy (non-hydrogen) atoms. The van der Waals surface area contributed by atoms with E-state index < -0.39 is 29.2 Å². The van der Waals surface area contributed by atoms with Gasteiger partial charge >= 0.3 is 6.18 Å². The Hall–Kier alpha value is -2.91. The molecule has 0 aliphatic carbocycles. The van der Waals surface area contributed by atoms with Gasteiger partial charge in [-0.25, -0.2) is 4.98 Å². The monoisotopic (exact) mass is 453 g/mol. The molecule has 1 heterocycles. The first-order valence-corrected chi connectivity index (χ1v) is 9.87. The summed E-state index contributed by atoms with van der Waals surface area (Å²) in [4.78, 5) is 27.8. The van der Waals surface area contributed by atoms with Gasteiger partial charge in [-0.2, -0.15) is 13.2 Å². The van der Waals surface area contributed by atoms with E-state index in [1.807, 2.05) is 0 Å². The van der Waals surface area contributed by atoms with Crippen molar-refractivity contribution in [3.8, 4) is 10.6 Å². The molecule has 1 aromatic heterocycles. The van der Waals surface area contributed by atoms with Crippen LogP contribution in [0.2, 0.25) is 5.02 Å². The van der Waals surface area contributed by atoms with E-state index in [-0.39, 0.29) is 12.1 Å². The van der Waals surface area contributed by atoms with Gasteiger partial charge in [0.15, 0.2) is 0 Å². The zero-order chi connectivity index (χ0) is 21.9. The Kier molecular flexibility index (Phi) is 6.42. The number of alkyl halides is 3. The number of aromatic nitrogens is 1. The molecule has 3 rings (SSSR count). The van der Waals surface area contributed by atoms with Crippen LogP contribution in [0.1, 0.15) is 18.2 Å². The van der Waals surface area contributed by atoms with Crippen molar-refractivity contribution in [1.82, 2.24) is 4.98 Å². The molecule has 2 amide bonds. The molecule has 0 saturated heterocycles. The van der Waals surface area contributed by atoms with E-state index in [9.17, 15) is 22.8 Å². The van der Waals surface area contributed by atoms with E-state index in [1.54, 1.807) is 29.6 Å². The van der Waals surface area contributed by atoms with Gasteiger partial charge in [0, 0.05) is 23.6 Å². The van der Waals surface area contributed by atoms with Gasteiger partial charge in [0.05, 0.1) is 28.4 Å². The van der Waals surface area contributed by atoms with E-state index in [1.165, 1.54) is 24.3 Å². The summed E-state index contributed by atoms with van der Waals surface area (Å²) in [7, 11) is 0. The standard InChI is InChI=1S/C20H15ClF3N3O2S/c1-11(28)25-12-6-7-17(15(8-12)20(22,23)24)27-18(29)9-13-10-30-19(26-13)14-4-2-3-5-16(14)21/h2-8,10H,9H2,1H3,(H,25,28)(H,27,29). The van der Waals surface area contributed by atoms with Crippen molar-refractivity contribution in [2.24, 2.45) is 0 Å². The second-order valence-corrected chi connectivity index (χ2v) is 7.55. The van der Waals surface area contributed by atoms with Crippen molar-refractivity contribution in [1.29, 1.82) is 0 Å². The zero-order valence-electron chi connectivity index (χ0n) is 15.5. The third-order valence-electron chi connectivity index (χ3n) is 3.92. The van der Waals surface area contributed by atoms with Crippen LogP contribution >= 0.6 is 22.9 Å². The maximum Gasteiger partial charge on any atom is 0.418 e. The Morgan fingerprint density at radius 2 is 1.87 bits per heavy atom. The molecule has 10 heteroatoms. The molecule has 0 bridgehead atoms. The molecule has 0 saturated carbocycles. The predicted molar refractivity (Wildman–Crippen MR) is 111 cm³/mol. The fourth-order valence-electron chi connectivity index (χ4n) is 2.67. The number of hydrogen-bond donors (Lipinski definition) is 2. The Bertz CT molecular complexity index is 1100. The molecule has 2 N–H and O–H groups in total. The highest BCUT2D eigenvalue weighted by atomic mass is 35.5. The van der Waals surface area contributed by atoms with Gasteiger partial charge in [0.2, 0.25) is 11.8 Å². The minimum absolute atomic E-state index is 0.0169. The van der Waals surface area contributed by atoms with Crippen LogP contribution in [0.5, 0.6) is 0 Å². The van der Waals surface area contributed by atoms with Crippen LogP contribution in [-0.2, 0) is 22.2 Å². The summed E-state index contributed by atoms with van der Waals surface area (Å²) < 4.78 is 40.2. The molecule has 0 radical (unpaired) electrons. The SMILES string of the molecule is CC(=O)Nc1ccc(NC(=O)Cc2csc(-c3ccccc3Cl)n2)c(C(F)(F)F)c1. The molecule has 0 aliphatic heterocycles. The van der Waals surface area contributed by atoms with Crippen LogP contribution in [0.15, 0.2) is 47.8 Å². The Morgan fingerprint density at radius 1 is 1.13 bits per heavy atom. The van der Waals surface area contributed by atoms with Gasteiger partial charge in [-0.3, -0.25) is 9.59 Å². The first-order valence-electron chi connectivity index (χ1n) is 8.61. The van der Waals surface area contributed by atoms with Gasteiger partial charge < -0.3 is 10.6 Å². The molecule has 2 aromatic carbocycles. The maximum atomic E-state index is 13.4. The molecule has 0 fully saturated rings. The van der Waals surface area contributed by atoms with E-state index >= 15 is 0 Å². The van der Waals surface area contributed by atoms with Crippen LogP contribution in [-0.4, -0.2) is 16.8 Å². The first-order chi connectivity index (χ1) is 14.1. The number of carbonyl (C=O) groups excluding carboxylic acids is 2. The van der Waals surface area contributed by atoms with Crippen LogP contribution in [0, 0.1) is 0 Å². The lowest BCUT2D eigenvalue weighted by Crippen LogP contribution is -2.19. The van der Waals surface area contributed by atoms with Crippen LogP contribution in [0.4, 0.5) is 24.5 Å². The van der Waals surface area contributed by atoms with Gasteiger partial charge in [0.1, 0.15) is 5.01 Å². The quantitative estimate of drug-likeness (QED) is 0.526. The fourth-order valence-corrected chi connectivity index (χ4v) is 3.81. The molecule has 5 nitrogen and oxygen atoms in total. The van der Waals surface area contributed by atoms with Crippen molar-refractivity contribution >= 4 is 46.1 Å². The molecule has 0 spiro atoms. The third-order valence-corrected chi connectivity index (χ3v) is 5.17. The third kappa shape index (κ3) is 5.37. The number of carbonyl (C=O) groups is 2. The minimum atomic E-state index is -4.71. The summed E-state index contributed by atoms with van der Waals surface area (Å²) >= 11 is 7.42. The summed E-state index contributed by atoms with van der Waals surface area (Å²) in [5.74, 6) is -1.15. The fraction of sp³-hybridized carbons (Fsp3) is 0.150. The Balaban J connectivity index is 1.76. The van der Waals surface area contributed by atoms with E-state index in [0.29, 0.717) is 21.3 Å². The largest absolute Gasteiger partial charge is 0.418 e. The number of benzene rings is 2. The average Bonchev–Trinajstić information content (AvgIpc) is 3.10. The van der Waals surface area contributed by atoms with Crippen molar-refractivity contribution in [2.45, 2.75) is 19.5 Å². The van der Waals surface area contributed by atoms with Crippen LogP contribution in [0.25, 0.3) is 10.6 Å². The Labute approximate surface area is 178 Å². The number of nitrogens with zero attached hydrogens (tertiary/aromatic N) is 1. The Morgan fingerprint density at radius 3 is 2.53 bits per heavy atom. The first kappa shape index (κ1) is 21.8. The smallest absolute Gasteiger partial charge is 0.326 e. The number of amides is 2. The van der Waals surface area contributed by atoms with Crippen LogP contribution in [0.3, 0.4) is 0 Å². The lowest BCUT2D eigenvalue weighted by Gasteiger charge is -2.15. The number of nitrogens with one attached hydrogen (secondary N) is 2. The molecule has 0 aliphatic rings. The van der Waals surface area contributed by atoms with Crippen molar-refractivity contribution in [2.75, 3.05) is 10.6 Å². The lowest BCUT2D eigenvalue weighted by atomic mass is 10.1. The molecular formula is C20H15ClF3N3O2S. The van der Waals surface area contributed by atoms with Gasteiger partial charge in [-0.1, -0.05) is 29.8 Å². The number of rotatable bonds is 5. The minimum Gasteiger partial charge on any atom is -0.326 e. The highest BCUT2D eigenvalue weighted by Crippen LogP contribution is 2.37. The highest BCUT2D eigenvalue weighted by molar-refractivity contribution is 7.13. The zero-order valence-corrected chi connectivity index (χ0v) is 17.1. The highest BCUT2D eigenvalue weighted by Gasteiger charge is 2.34. The molecule has 0 unspecified atom stereocenters. The van der Waals surface area contributed by atoms with Crippen LogP contribution < -0.4 is 10.6 Å². The molecule has 0 atom stereocenters. The number of thiazole rings is 1. The second-order valence-electron chi connectivity index (χ2n) is 6.29. The number of halogens is 4. The summed E-state index contributed by atoms with van der Waals surface area (Å²) in [6.45, 7) is 1.19. The van der Waals surface area contributed by atoms with Crippen molar-refractivity contribution < 1.29 is 22.8 Å². The van der Waals surface area contributed by atoms with Gasteiger partial charge in [-0.15, -0.1) is 11.3 Å². The summed E-state index contributed by atoms with van der Waals surface area (Å²) in [5.41, 5.74) is -0.350. The predicted octanol–water partition coefficient (Wildman–Crippen LogP) is 5.62. The van der Waals surface area contributed by atoms with E-state index in [0.717, 1.165) is 12.1 Å². The second kappa shape index (κ2) is 8.85. The molecular weight excluding hydrogens is 439 g/mol. The lowest BCUT2D eigenvalue weighted by molar-refractivity contribution is -0.137. The summed E-state index contributed by atoms with van der Waals surface area (Å²) in [5, 5.41) is 7.34. The van der Waals surface area contributed by atoms with Gasteiger partial charge in [-0.05, 0) is 24.3 Å². The van der Waals surface area contributed by atoms with E-state index in [2.05, 4.69) is 15.6 Å². The van der Waals surface area contributed by atoms with Crippen molar-refractivity contribution in [3.05, 3.63) is 64.1 Å². The van der Waals surface area contributed by atoms with Gasteiger partial charge in [0.25, 0.3) is 0 Å². The van der Waals surface area contributed by atoms with E-state index in [4.69, 9.17) is 11.6 Å². The summed E-state index contributed by atoms with van der Waals surface area (Å²) in [6, 6.07) is 10.2. The summed E-state index contributed by atoms with van der Waals surface area (Å²) in [6.07, 6.45) is -4.92. The molecule has 156 valence electrons. The normalized spacial score (nSPS) is 11.2.